The highest BCUT2D eigenvalue weighted by molar-refractivity contribution is 5.96. The zero-order chi connectivity index (χ0) is 8.81. The molecule has 0 saturated heterocycles. The molecule has 0 heterocycles. The van der Waals surface area contributed by atoms with E-state index in [4.69, 9.17) is 0 Å². The first-order valence-electron chi connectivity index (χ1n) is 4.34. The minimum Gasteiger partial charge on any atom is -0.262 e. The van der Waals surface area contributed by atoms with Crippen molar-refractivity contribution >= 4 is 5.71 Å². The van der Waals surface area contributed by atoms with Crippen LogP contribution in [0.2, 0.25) is 0 Å². The van der Waals surface area contributed by atoms with Crippen molar-refractivity contribution in [2.24, 2.45) is 4.99 Å². The van der Waals surface area contributed by atoms with E-state index in [0.717, 1.165) is 12.8 Å². The quantitative estimate of drug-likeness (QED) is 0.559. The van der Waals surface area contributed by atoms with E-state index in [1.54, 1.807) is 0 Å². The summed E-state index contributed by atoms with van der Waals surface area (Å²) >= 11 is 0. The summed E-state index contributed by atoms with van der Waals surface area (Å²) in [5.41, 5.74) is 2.60. The summed E-state index contributed by atoms with van der Waals surface area (Å²) < 4.78 is 0. The van der Waals surface area contributed by atoms with Crippen LogP contribution in [0.15, 0.2) is 41.1 Å². The molecular formula is C11H15N. The molecule has 12 heavy (non-hydrogen) atoms. The van der Waals surface area contributed by atoms with Gasteiger partial charge in [-0.3, -0.25) is 4.99 Å². The largest absolute Gasteiger partial charge is 0.262 e. The van der Waals surface area contributed by atoms with Crippen molar-refractivity contribution in [1.29, 1.82) is 0 Å². The van der Waals surface area contributed by atoms with E-state index in [1.165, 1.54) is 11.3 Å². The summed E-state index contributed by atoms with van der Waals surface area (Å²) in [7, 11) is 0. The smallest absolute Gasteiger partial charge is 0.0406 e. The summed E-state index contributed by atoms with van der Waals surface area (Å²) in [6.45, 7) is 4.14. The average Bonchev–Trinajstić information content (AvgIpc) is 2.27. The molecule has 0 amide bonds. The van der Waals surface area contributed by atoms with Crippen LogP contribution in [0.25, 0.3) is 0 Å². The summed E-state index contributed by atoms with van der Waals surface area (Å²) in [5.74, 6) is 0. The summed E-state index contributed by atoms with van der Waals surface area (Å²) in [5, 5.41) is 0. The molecule has 0 fully saturated rings. The lowest BCUT2D eigenvalue weighted by molar-refractivity contribution is 1.02. The van der Waals surface area contributed by atoms with Gasteiger partial charge in [0.25, 0.3) is 0 Å². The van der Waals surface area contributed by atoms with Crippen molar-refractivity contribution in [1.82, 2.24) is 0 Å². The lowest BCUT2D eigenvalue weighted by Crippen LogP contribution is -1.90. The highest BCUT2D eigenvalue weighted by Crippen LogP contribution is 2.10. The number of hydrogen-bond acceptors (Lipinski definition) is 1. The van der Waals surface area contributed by atoms with E-state index in [1.807, 2.05) is 19.2 Å². The molecule has 0 radical (unpaired) electrons. The molecule has 0 saturated carbocycles. The Balaban J connectivity index is 2.63. The standard InChI is InChI=1S/C11H15N/c1-3-9-12-11-6-4-5-10(2)7-8-11/h3-6,9H,7-8H2,1-2H3/b9-3-,12-11?. The Labute approximate surface area is 74.2 Å². The van der Waals surface area contributed by atoms with Crippen LogP contribution in [0.1, 0.15) is 26.7 Å². The van der Waals surface area contributed by atoms with Gasteiger partial charge in [-0.2, -0.15) is 0 Å². The molecule has 0 bridgehead atoms. The van der Waals surface area contributed by atoms with Gasteiger partial charge in [0.2, 0.25) is 0 Å². The molecule has 0 atom stereocenters. The first-order valence-corrected chi connectivity index (χ1v) is 4.34. The van der Waals surface area contributed by atoms with Gasteiger partial charge < -0.3 is 0 Å². The molecule has 0 aliphatic heterocycles. The molecule has 1 rings (SSSR count). The zero-order valence-corrected chi connectivity index (χ0v) is 7.75. The second-order valence-corrected chi connectivity index (χ2v) is 2.97. The second-order valence-electron chi connectivity index (χ2n) is 2.97. The van der Waals surface area contributed by atoms with Crippen LogP contribution >= 0.6 is 0 Å². The fourth-order valence-corrected chi connectivity index (χ4v) is 1.09. The van der Waals surface area contributed by atoms with E-state index >= 15 is 0 Å². The summed E-state index contributed by atoms with van der Waals surface area (Å²) in [4.78, 5) is 4.31. The molecular weight excluding hydrogens is 146 g/mol. The van der Waals surface area contributed by atoms with Crippen LogP contribution < -0.4 is 0 Å². The van der Waals surface area contributed by atoms with Crippen LogP contribution in [-0.2, 0) is 0 Å². The minimum absolute atomic E-state index is 1.06. The van der Waals surface area contributed by atoms with Crippen molar-refractivity contribution in [3.63, 3.8) is 0 Å². The number of hydrogen-bond donors (Lipinski definition) is 0. The molecule has 1 aliphatic carbocycles. The van der Waals surface area contributed by atoms with E-state index in [9.17, 15) is 0 Å². The molecule has 0 N–H and O–H groups in total. The third kappa shape index (κ3) is 2.87. The number of nitrogens with zero attached hydrogens (tertiary/aromatic N) is 1. The molecule has 1 heteroatoms. The van der Waals surface area contributed by atoms with E-state index < -0.39 is 0 Å². The van der Waals surface area contributed by atoms with Gasteiger partial charge in [0.05, 0.1) is 0 Å². The lowest BCUT2D eigenvalue weighted by atomic mass is 10.1. The minimum atomic E-state index is 1.06. The molecule has 64 valence electrons. The Bertz CT molecular complexity index is 254. The zero-order valence-electron chi connectivity index (χ0n) is 7.75. The van der Waals surface area contributed by atoms with Gasteiger partial charge in [-0.25, -0.2) is 0 Å². The van der Waals surface area contributed by atoms with Crippen LogP contribution in [0.3, 0.4) is 0 Å². The Kier molecular flexibility index (Phi) is 3.52. The van der Waals surface area contributed by atoms with Gasteiger partial charge in [-0.15, -0.1) is 0 Å². The Hall–Kier alpha value is -1.11. The molecule has 0 unspecified atom stereocenters. The third-order valence-corrected chi connectivity index (χ3v) is 1.83. The number of allylic oxidation sites excluding steroid dienone is 5. The predicted octanol–water partition coefficient (Wildman–Crippen LogP) is 3.26. The van der Waals surface area contributed by atoms with Crippen LogP contribution in [0.5, 0.6) is 0 Å². The van der Waals surface area contributed by atoms with Crippen molar-refractivity contribution in [3.05, 3.63) is 36.1 Å². The Morgan fingerprint density at radius 2 is 2.25 bits per heavy atom. The first-order chi connectivity index (χ1) is 5.83. The molecule has 0 aromatic rings. The first kappa shape index (κ1) is 8.98. The second kappa shape index (κ2) is 4.70. The fraction of sp³-hybridized carbons (Fsp3) is 0.364. The van der Waals surface area contributed by atoms with Gasteiger partial charge in [-0.1, -0.05) is 23.8 Å². The summed E-state index contributed by atoms with van der Waals surface area (Å²) in [6, 6.07) is 0. The fourth-order valence-electron chi connectivity index (χ4n) is 1.09. The molecule has 0 spiro atoms. The van der Waals surface area contributed by atoms with Gasteiger partial charge in [0.15, 0.2) is 0 Å². The highest BCUT2D eigenvalue weighted by Gasteiger charge is 1.98. The molecule has 0 aromatic carbocycles. The van der Waals surface area contributed by atoms with Gasteiger partial charge >= 0.3 is 0 Å². The molecule has 1 nitrogen and oxygen atoms in total. The monoisotopic (exact) mass is 161 g/mol. The number of aliphatic imine (C=N–C) groups is 1. The number of rotatable bonds is 1. The lowest BCUT2D eigenvalue weighted by Gasteiger charge is -1.96. The maximum atomic E-state index is 4.31. The molecule has 1 aliphatic rings. The van der Waals surface area contributed by atoms with Crippen LogP contribution in [0, 0.1) is 0 Å². The summed E-state index contributed by atoms with van der Waals surface area (Å²) in [6.07, 6.45) is 12.3. The topological polar surface area (TPSA) is 12.4 Å². The van der Waals surface area contributed by atoms with Gasteiger partial charge in [-0.05, 0) is 32.8 Å². The van der Waals surface area contributed by atoms with Gasteiger partial charge in [0.1, 0.15) is 0 Å². The molecule has 0 aromatic heterocycles. The normalized spacial score (nSPS) is 21.5. The van der Waals surface area contributed by atoms with Crippen molar-refractivity contribution in [2.45, 2.75) is 26.7 Å². The van der Waals surface area contributed by atoms with Crippen LogP contribution in [0.4, 0.5) is 0 Å². The SMILES string of the molecule is C/C=C\N=C1C=CC=C(C)CC1. The van der Waals surface area contributed by atoms with Crippen molar-refractivity contribution < 1.29 is 0 Å². The highest BCUT2D eigenvalue weighted by atomic mass is 14.7. The van der Waals surface area contributed by atoms with Crippen molar-refractivity contribution in [3.8, 4) is 0 Å². The predicted molar refractivity (Wildman–Crippen MR) is 54.4 cm³/mol. The van der Waals surface area contributed by atoms with Crippen LogP contribution in [-0.4, -0.2) is 5.71 Å². The van der Waals surface area contributed by atoms with Gasteiger partial charge in [0, 0.05) is 11.9 Å². The maximum Gasteiger partial charge on any atom is 0.0406 e. The Morgan fingerprint density at radius 1 is 1.42 bits per heavy atom. The van der Waals surface area contributed by atoms with Crippen molar-refractivity contribution in [2.75, 3.05) is 0 Å². The van der Waals surface area contributed by atoms with E-state index in [2.05, 4.69) is 30.1 Å². The van der Waals surface area contributed by atoms with E-state index in [0.29, 0.717) is 0 Å². The third-order valence-electron chi connectivity index (χ3n) is 1.83. The van der Waals surface area contributed by atoms with E-state index in [-0.39, 0.29) is 0 Å². The average molecular weight is 161 g/mol. The maximum absolute atomic E-state index is 4.31. The Morgan fingerprint density at radius 3 is 3.00 bits per heavy atom.